The van der Waals surface area contributed by atoms with Crippen LogP contribution in [0.4, 0.5) is 0 Å². The van der Waals surface area contributed by atoms with E-state index in [4.69, 9.17) is 0 Å². The Morgan fingerprint density at radius 3 is 2.25 bits per heavy atom. The normalized spacial score (nSPS) is 16.5. The molecule has 3 rings (SSSR count). The van der Waals surface area contributed by atoms with Crippen molar-refractivity contribution >= 4 is 34.7 Å². The molecule has 98 valence electrons. The lowest BCUT2D eigenvalue weighted by Gasteiger charge is -1.98. The highest BCUT2D eigenvalue weighted by atomic mass is 32.2. The summed E-state index contributed by atoms with van der Waals surface area (Å²) in [5.41, 5.74) is 1.12. The summed E-state index contributed by atoms with van der Waals surface area (Å²) in [7, 11) is 0. The molecule has 1 aliphatic rings. The second-order valence-electron chi connectivity index (χ2n) is 4.27. The SMILES string of the molecule is O=C1SC(=Cc2ccccc2)C=C1Sc1ccccc1. The average Bonchev–Trinajstić information content (AvgIpc) is 2.81. The maximum absolute atomic E-state index is 12.0. The Kier molecular flexibility index (Phi) is 4.09. The molecule has 0 amide bonds. The Morgan fingerprint density at radius 2 is 1.55 bits per heavy atom. The molecule has 0 aliphatic carbocycles. The van der Waals surface area contributed by atoms with E-state index in [1.807, 2.05) is 72.8 Å². The number of rotatable bonds is 3. The van der Waals surface area contributed by atoms with Gasteiger partial charge in [0.25, 0.3) is 0 Å². The van der Waals surface area contributed by atoms with Gasteiger partial charge < -0.3 is 0 Å². The van der Waals surface area contributed by atoms with Crippen LogP contribution in [0.15, 0.2) is 81.4 Å². The molecule has 0 saturated heterocycles. The fourth-order valence-electron chi connectivity index (χ4n) is 1.85. The summed E-state index contributed by atoms with van der Waals surface area (Å²) in [5, 5.41) is 0.126. The van der Waals surface area contributed by atoms with Gasteiger partial charge in [0.2, 0.25) is 5.12 Å². The van der Waals surface area contributed by atoms with Gasteiger partial charge in [0.05, 0.1) is 4.91 Å². The molecular formula is C17H12OS2. The maximum atomic E-state index is 12.0. The van der Waals surface area contributed by atoms with Crippen molar-refractivity contribution in [3.63, 3.8) is 0 Å². The fourth-order valence-corrected chi connectivity index (χ4v) is 3.73. The molecule has 1 aliphatic heterocycles. The molecule has 2 aromatic carbocycles. The van der Waals surface area contributed by atoms with Crippen LogP contribution in [-0.2, 0) is 4.79 Å². The third-order valence-corrected chi connectivity index (χ3v) is 4.80. The average molecular weight is 296 g/mol. The van der Waals surface area contributed by atoms with Crippen molar-refractivity contribution in [2.45, 2.75) is 4.90 Å². The largest absolute Gasteiger partial charge is 0.281 e. The van der Waals surface area contributed by atoms with Crippen molar-refractivity contribution in [2.75, 3.05) is 0 Å². The summed E-state index contributed by atoms with van der Waals surface area (Å²) in [4.78, 5) is 14.9. The van der Waals surface area contributed by atoms with Gasteiger partial charge >= 0.3 is 0 Å². The van der Waals surface area contributed by atoms with E-state index >= 15 is 0 Å². The van der Waals surface area contributed by atoms with Gasteiger partial charge in [0.1, 0.15) is 0 Å². The van der Waals surface area contributed by atoms with Gasteiger partial charge in [0.15, 0.2) is 0 Å². The zero-order chi connectivity index (χ0) is 13.8. The number of allylic oxidation sites excluding steroid dienone is 1. The van der Waals surface area contributed by atoms with Crippen molar-refractivity contribution in [1.82, 2.24) is 0 Å². The second-order valence-corrected chi connectivity index (χ2v) is 6.43. The van der Waals surface area contributed by atoms with Gasteiger partial charge in [-0.05, 0) is 41.6 Å². The van der Waals surface area contributed by atoms with Crippen LogP contribution in [0.5, 0.6) is 0 Å². The van der Waals surface area contributed by atoms with Crippen LogP contribution in [0.1, 0.15) is 5.56 Å². The monoisotopic (exact) mass is 296 g/mol. The van der Waals surface area contributed by atoms with Crippen LogP contribution in [0.25, 0.3) is 6.08 Å². The Balaban J connectivity index is 1.81. The maximum Gasteiger partial charge on any atom is 0.230 e. The molecule has 0 saturated carbocycles. The molecule has 3 heteroatoms. The van der Waals surface area contributed by atoms with Gasteiger partial charge in [-0.2, -0.15) is 0 Å². The summed E-state index contributed by atoms with van der Waals surface area (Å²) in [5.74, 6) is 0. The minimum Gasteiger partial charge on any atom is -0.281 e. The van der Waals surface area contributed by atoms with E-state index in [-0.39, 0.29) is 5.12 Å². The standard InChI is InChI=1S/C17H12OS2/c18-17-16(19-14-9-5-2-6-10-14)12-15(20-17)11-13-7-3-1-4-8-13/h1-12H. The molecule has 1 heterocycles. The minimum absolute atomic E-state index is 0.126. The Bertz CT molecular complexity index is 673. The summed E-state index contributed by atoms with van der Waals surface area (Å²) in [6.45, 7) is 0. The quantitative estimate of drug-likeness (QED) is 0.795. The van der Waals surface area contributed by atoms with Crippen LogP contribution in [-0.4, -0.2) is 5.12 Å². The number of thioether (sulfide) groups is 2. The summed E-state index contributed by atoms with van der Waals surface area (Å²) in [6, 6.07) is 20.0. The molecule has 0 unspecified atom stereocenters. The predicted octanol–water partition coefficient (Wildman–Crippen LogP) is 4.98. The predicted molar refractivity (Wildman–Crippen MR) is 87.4 cm³/mol. The van der Waals surface area contributed by atoms with Crippen molar-refractivity contribution in [2.24, 2.45) is 0 Å². The van der Waals surface area contributed by atoms with Crippen molar-refractivity contribution in [1.29, 1.82) is 0 Å². The minimum atomic E-state index is 0.126. The van der Waals surface area contributed by atoms with Crippen molar-refractivity contribution in [3.8, 4) is 0 Å². The van der Waals surface area contributed by atoms with Crippen molar-refractivity contribution < 1.29 is 4.79 Å². The first-order valence-electron chi connectivity index (χ1n) is 6.25. The highest BCUT2D eigenvalue weighted by Gasteiger charge is 2.21. The summed E-state index contributed by atoms with van der Waals surface area (Å²) < 4.78 is 0. The van der Waals surface area contributed by atoms with Crippen LogP contribution >= 0.6 is 23.5 Å². The van der Waals surface area contributed by atoms with Gasteiger partial charge in [-0.15, -0.1) is 0 Å². The molecule has 0 spiro atoms. The molecule has 0 N–H and O–H groups in total. The topological polar surface area (TPSA) is 17.1 Å². The van der Waals surface area contributed by atoms with Crippen LogP contribution in [0, 0.1) is 0 Å². The molecule has 2 aromatic rings. The molecule has 0 bridgehead atoms. The molecule has 1 nitrogen and oxygen atoms in total. The lowest BCUT2D eigenvalue weighted by Crippen LogP contribution is -1.85. The lowest BCUT2D eigenvalue weighted by molar-refractivity contribution is -0.107. The molecule has 0 radical (unpaired) electrons. The number of hydrogen-bond donors (Lipinski definition) is 0. The zero-order valence-electron chi connectivity index (χ0n) is 10.7. The van der Waals surface area contributed by atoms with E-state index in [1.54, 1.807) is 0 Å². The van der Waals surface area contributed by atoms with Gasteiger partial charge in [-0.1, -0.05) is 60.3 Å². The first kappa shape index (κ1) is 13.3. The smallest absolute Gasteiger partial charge is 0.230 e. The Labute approximate surface area is 126 Å². The highest BCUT2D eigenvalue weighted by molar-refractivity contribution is 8.21. The van der Waals surface area contributed by atoms with E-state index in [0.29, 0.717) is 0 Å². The fraction of sp³-hybridized carbons (Fsp3) is 0. The highest BCUT2D eigenvalue weighted by Crippen LogP contribution is 2.40. The lowest BCUT2D eigenvalue weighted by atomic mass is 10.2. The molecule has 0 fully saturated rings. The Morgan fingerprint density at radius 1 is 0.900 bits per heavy atom. The Hall–Kier alpha value is -1.71. The van der Waals surface area contributed by atoms with E-state index in [1.165, 1.54) is 23.5 Å². The number of carbonyl (C=O) groups excluding carboxylic acids is 1. The van der Waals surface area contributed by atoms with E-state index in [2.05, 4.69) is 0 Å². The number of carbonyl (C=O) groups is 1. The van der Waals surface area contributed by atoms with Crippen molar-refractivity contribution in [3.05, 3.63) is 82.1 Å². The molecule has 20 heavy (non-hydrogen) atoms. The third kappa shape index (κ3) is 3.24. The van der Waals surface area contributed by atoms with Gasteiger partial charge in [0, 0.05) is 9.80 Å². The summed E-state index contributed by atoms with van der Waals surface area (Å²) >= 11 is 2.82. The molecule has 0 atom stereocenters. The van der Waals surface area contributed by atoms with E-state index in [9.17, 15) is 4.79 Å². The first-order chi connectivity index (χ1) is 9.81. The van der Waals surface area contributed by atoms with Crippen LogP contribution in [0.3, 0.4) is 0 Å². The number of benzene rings is 2. The van der Waals surface area contributed by atoms with Gasteiger partial charge in [-0.25, -0.2) is 0 Å². The van der Waals surface area contributed by atoms with Gasteiger partial charge in [-0.3, -0.25) is 4.79 Å². The van der Waals surface area contributed by atoms with E-state index < -0.39 is 0 Å². The summed E-state index contributed by atoms with van der Waals surface area (Å²) in [6.07, 6.45) is 4.01. The van der Waals surface area contributed by atoms with E-state index in [0.717, 1.165) is 20.3 Å². The van der Waals surface area contributed by atoms with Crippen LogP contribution in [0.2, 0.25) is 0 Å². The molecule has 0 aromatic heterocycles. The molecular weight excluding hydrogens is 284 g/mol. The third-order valence-electron chi connectivity index (χ3n) is 2.76. The van der Waals surface area contributed by atoms with Crippen LogP contribution < -0.4 is 0 Å². The second kappa shape index (κ2) is 6.16. The zero-order valence-corrected chi connectivity index (χ0v) is 12.3. The number of hydrogen-bond acceptors (Lipinski definition) is 3. The first-order valence-corrected chi connectivity index (χ1v) is 7.88.